The third-order valence-corrected chi connectivity index (χ3v) is 6.98. The lowest BCUT2D eigenvalue weighted by Crippen LogP contribution is -2.14. The normalized spacial score (nSPS) is 13.0. The lowest BCUT2D eigenvalue weighted by atomic mass is 10.1. The monoisotopic (exact) mass is 494 g/mol. The van der Waals surface area contributed by atoms with E-state index in [-0.39, 0.29) is 11.7 Å². The number of nitrogens with one attached hydrogen (secondary N) is 1. The molecule has 11 heteroatoms. The smallest absolute Gasteiger partial charge is 0.236 e. The van der Waals surface area contributed by atoms with E-state index in [0.29, 0.717) is 22.7 Å². The topological polar surface area (TPSA) is 104 Å². The zero-order valence-corrected chi connectivity index (χ0v) is 20.2. The molecule has 0 saturated heterocycles. The van der Waals surface area contributed by atoms with Gasteiger partial charge in [0.1, 0.15) is 0 Å². The second-order valence-corrected chi connectivity index (χ2v) is 9.39. The molecule has 1 amide bonds. The van der Waals surface area contributed by atoms with Gasteiger partial charge in [-0.25, -0.2) is 4.98 Å². The Kier molecular flexibility index (Phi) is 6.45. The number of ether oxygens (including phenoxy) is 2. The van der Waals surface area contributed by atoms with Crippen LogP contribution in [-0.4, -0.2) is 50.6 Å². The van der Waals surface area contributed by atoms with Gasteiger partial charge in [0.05, 0.1) is 25.7 Å². The SMILES string of the molecule is COc1ccc(-c2csc(NC(=O)CSc3nnc(-c4ccncc4)n3C3CC3)n2)cc1OC. The van der Waals surface area contributed by atoms with Crippen LogP contribution in [0.3, 0.4) is 0 Å². The van der Waals surface area contributed by atoms with Crippen molar-refractivity contribution >= 4 is 34.1 Å². The van der Waals surface area contributed by atoms with Crippen LogP contribution in [0.1, 0.15) is 18.9 Å². The van der Waals surface area contributed by atoms with Gasteiger partial charge in [-0.1, -0.05) is 11.8 Å². The fourth-order valence-corrected chi connectivity index (χ4v) is 5.02. The number of carbonyl (C=O) groups excluding carboxylic acids is 1. The van der Waals surface area contributed by atoms with Gasteiger partial charge in [0.25, 0.3) is 0 Å². The molecule has 5 rings (SSSR count). The standard InChI is InChI=1S/C23H22N6O3S2/c1-31-18-6-3-15(11-19(18)32-2)17-12-33-22(25-17)26-20(30)13-34-23-28-27-21(29(23)16-4-5-16)14-7-9-24-10-8-14/h3,6-12,16H,4-5,13H2,1-2H3,(H,25,26,30). The van der Waals surface area contributed by atoms with Crippen LogP contribution in [-0.2, 0) is 4.79 Å². The highest BCUT2D eigenvalue weighted by Crippen LogP contribution is 2.41. The van der Waals surface area contributed by atoms with Crippen molar-refractivity contribution in [1.82, 2.24) is 24.7 Å². The Labute approximate surface area is 204 Å². The van der Waals surface area contributed by atoms with E-state index in [4.69, 9.17) is 9.47 Å². The van der Waals surface area contributed by atoms with Crippen molar-refractivity contribution in [2.75, 3.05) is 25.3 Å². The molecule has 174 valence electrons. The Morgan fingerprint density at radius 3 is 2.65 bits per heavy atom. The first kappa shape index (κ1) is 22.4. The van der Waals surface area contributed by atoms with Crippen LogP contribution < -0.4 is 14.8 Å². The first-order valence-corrected chi connectivity index (χ1v) is 12.5. The first-order chi connectivity index (χ1) is 16.7. The van der Waals surface area contributed by atoms with E-state index in [1.54, 1.807) is 26.6 Å². The molecule has 1 saturated carbocycles. The molecule has 0 atom stereocenters. The molecule has 0 aliphatic heterocycles. The van der Waals surface area contributed by atoms with Gasteiger partial charge in [0.15, 0.2) is 27.6 Å². The molecule has 1 N–H and O–H groups in total. The van der Waals surface area contributed by atoms with Crippen LogP contribution in [0.4, 0.5) is 5.13 Å². The van der Waals surface area contributed by atoms with Crippen LogP contribution in [0.25, 0.3) is 22.6 Å². The summed E-state index contributed by atoms with van der Waals surface area (Å²) < 4.78 is 12.8. The van der Waals surface area contributed by atoms with Crippen LogP contribution in [0.5, 0.6) is 11.5 Å². The molecule has 1 aliphatic carbocycles. The number of rotatable bonds is 9. The number of methoxy groups -OCH3 is 2. The summed E-state index contributed by atoms with van der Waals surface area (Å²) in [6.07, 6.45) is 5.67. The molecule has 34 heavy (non-hydrogen) atoms. The van der Waals surface area contributed by atoms with Crippen LogP contribution >= 0.6 is 23.1 Å². The van der Waals surface area contributed by atoms with Gasteiger partial charge in [0.2, 0.25) is 5.91 Å². The summed E-state index contributed by atoms with van der Waals surface area (Å²) >= 11 is 2.75. The van der Waals surface area contributed by atoms with E-state index in [9.17, 15) is 4.79 Å². The Bertz CT molecular complexity index is 1300. The Hall–Kier alpha value is -3.44. The summed E-state index contributed by atoms with van der Waals surface area (Å²) in [5, 5.41) is 14.8. The molecule has 1 aliphatic rings. The van der Waals surface area contributed by atoms with E-state index in [1.807, 2.05) is 35.7 Å². The van der Waals surface area contributed by atoms with Gasteiger partial charge >= 0.3 is 0 Å². The zero-order valence-electron chi connectivity index (χ0n) is 18.6. The molecule has 3 aromatic heterocycles. The minimum atomic E-state index is -0.144. The molecule has 0 unspecified atom stereocenters. The van der Waals surface area contributed by atoms with Crippen molar-refractivity contribution in [2.24, 2.45) is 0 Å². The molecule has 4 aromatic rings. The minimum absolute atomic E-state index is 0.144. The highest BCUT2D eigenvalue weighted by Gasteiger charge is 2.30. The highest BCUT2D eigenvalue weighted by atomic mass is 32.2. The number of thioether (sulfide) groups is 1. The van der Waals surface area contributed by atoms with E-state index >= 15 is 0 Å². The maximum absolute atomic E-state index is 12.6. The molecule has 3 heterocycles. The number of benzene rings is 1. The number of nitrogens with zero attached hydrogens (tertiary/aromatic N) is 5. The molecule has 1 aromatic carbocycles. The predicted octanol–water partition coefficient (Wildman–Crippen LogP) is 4.55. The second-order valence-electron chi connectivity index (χ2n) is 7.59. The van der Waals surface area contributed by atoms with E-state index in [0.717, 1.165) is 40.6 Å². The molecule has 9 nitrogen and oxygen atoms in total. The summed E-state index contributed by atoms with van der Waals surface area (Å²) in [5.74, 6) is 2.16. The minimum Gasteiger partial charge on any atom is -0.493 e. The lowest BCUT2D eigenvalue weighted by Gasteiger charge is -2.08. The fourth-order valence-electron chi connectivity index (χ4n) is 3.48. The van der Waals surface area contributed by atoms with Gasteiger partial charge in [-0.3, -0.25) is 14.3 Å². The quantitative estimate of drug-likeness (QED) is 0.338. The van der Waals surface area contributed by atoms with Crippen molar-refractivity contribution in [2.45, 2.75) is 24.0 Å². The number of carbonyl (C=O) groups is 1. The predicted molar refractivity (Wildman–Crippen MR) is 132 cm³/mol. The number of thiazole rings is 1. The maximum Gasteiger partial charge on any atom is 0.236 e. The molecule has 1 fully saturated rings. The van der Waals surface area contributed by atoms with Crippen molar-refractivity contribution < 1.29 is 14.3 Å². The molecule has 0 bridgehead atoms. The Morgan fingerprint density at radius 1 is 1.12 bits per heavy atom. The summed E-state index contributed by atoms with van der Waals surface area (Å²) in [7, 11) is 3.19. The number of anilines is 1. The molecular weight excluding hydrogens is 472 g/mol. The highest BCUT2D eigenvalue weighted by molar-refractivity contribution is 7.99. The molecular formula is C23H22N6O3S2. The van der Waals surface area contributed by atoms with Gasteiger partial charge in [-0.15, -0.1) is 21.5 Å². The molecule has 0 spiro atoms. The Balaban J connectivity index is 1.24. The van der Waals surface area contributed by atoms with E-state index < -0.39 is 0 Å². The number of hydrogen-bond acceptors (Lipinski definition) is 9. The Morgan fingerprint density at radius 2 is 1.91 bits per heavy atom. The van der Waals surface area contributed by atoms with E-state index in [2.05, 4.69) is 30.0 Å². The van der Waals surface area contributed by atoms with Crippen LogP contribution in [0, 0.1) is 0 Å². The fraction of sp³-hybridized carbons (Fsp3) is 0.261. The third-order valence-electron chi connectivity index (χ3n) is 5.28. The summed E-state index contributed by atoms with van der Waals surface area (Å²) in [6.45, 7) is 0. The first-order valence-electron chi connectivity index (χ1n) is 10.6. The van der Waals surface area contributed by atoms with Crippen molar-refractivity contribution in [3.05, 3.63) is 48.1 Å². The van der Waals surface area contributed by atoms with Crippen molar-refractivity contribution in [3.8, 4) is 34.1 Å². The van der Waals surface area contributed by atoms with Gasteiger partial charge in [-0.05, 0) is 43.2 Å². The van der Waals surface area contributed by atoms with Crippen molar-refractivity contribution in [1.29, 1.82) is 0 Å². The van der Waals surface area contributed by atoms with E-state index in [1.165, 1.54) is 23.1 Å². The van der Waals surface area contributed by atoms with Gasteiger partial charge in [0, 0.05) is 34.9 Å². The largest absolute Gasteiger partial charge is 0.493 e. The van der Waals surface area contributed by atoms with Gasteiger partial charge in [-0.2, -0.15) is 0 Å². The number of hydrogen-bond donors (Lipinski definition) is 1. The molecule has 0 radical (unpaired) electrons. The van der Waals surface area contributed by atoms with Crippen LogP contribution in [0.15, 0.2) is 53.3 Å². The lowest BCUT2D eigenvalue weighted by molar-refractivity contribution is -0.113. The average Bonchev–Trinajstić information content (AvgIpc) is 3.45. The number of aromatic nitrogens is 5. The summed E-state index contributed by atoms with van der Waals surface area (Å²) in [4.78, 5) is 21.2. The second kappa shape index (κ2) is 9.82. The number of pyridine rings is 1. The third kappa shape index (κ3) is 4.75. The summed E-state index contributed by atoms with van der Waals surface area (Å²) in [5.41, 5.74) is 2.60. The van der Waals surface area contributed by atoms with Crippen LogP contribution in [0.2, 0.25) is 0 Å². The van der Waals surface area contributed by atoms with Gasteiger partial charge < -0.3 is 14.8 Å². The number of amides is 1. The maximum atomic E-state index is 12.6. The van der Waals surface area contributed by atoms with Crippen molar-refractivity contribution in [3.63, 3.8) is 0 Å². The zero-order chi connectivity index (χ0) is 23.5. The average molecular weight is 495 g/mol. The summed E-state index contributed by atoms with van der Waals surface area (Å²) in [6, 6.07) is 9.82.